The van der Waals surface area contributed by atoms with Gasteiger partial charge in [0.15, 0.2) is 0 Å². The smallest absolute Gasteiger partial charge is 0.222 e. The van der Waals surface area contributed by atoms with Crippen molar-refractivity contribution in [3.63, 3.8) is 0 Å². The molecule has 0 spiro atoms. The molecule has 0 saturated heterocycles. The summed E-state index contributed by atoms with van der Waals surface area (Å²) in [6, 6.07) is 19.0. The number of carbonyl (C=O) groups is 1. The first-order valence-corrected chi connectivity index (χ1v) is 7.60. The molecule has 4 heteroatoms. The Morgan fingerprint density at radius 2 is 1.83 bits per heavy atom. The third-order valence-corrected chi connectivity index (χ3v) is 3.57. The molecule has 0 atom stereocenters. The number of benzene rings is 2. The summed E-state index contributed by atoms with van der Waals surface area (Å²) in [5.41, 5.74) is 1.70. The van der Waals surface area contributed by atoms with Crippen LogP contribution in [-0.4, -0.2) is 31.0 Å². The summed E-state index contributed by atoms with van der Waals surface area (Å²) < 4.78 is 5.59. The van der Waals surface area contributed by atoms with Crippen LogP contribution in [0.25, 0.3) is 0 Å². The minimum atomic E-state index is 0.0889. The Morgan fingerprint density at radius 1 is 1.13 bits per heavy atom. The molecule has 0 aliphatic carbocycles. The van der Waals surface area contributed by atoms with Crippen molar-refractivity contribution in [2.45, 2.75) is 12.8 Å². The molecule has 23 heavy (non-hydrogen) atoms. The van der Waals surface area contributed by atoms with E-state index in [1.165, 1.54) is 0 Å². The molecule has 0 bridgehead atoms. The third-order valence-electron chi connectivity index (χ3n) is 3.57. The second kappa shape index (κ2) is 8.60. The molecule has 0 heterocycles. The molecule has 0 saturated carbocycles. The van der Waals surface area contributed by atoms with Crippen LogP contribution in [0.2, 0.25) is 0 Å². The fourth-order valence-corrected chi connectivity index (χ4v) is 2.13. The van der Waals surface area contributed by atoms with Crippen LogP contribution in [0.15, 0.2) is 54.6 Å². The van der Waals surface area contributed by atoms with Crippen molar-refractivity contribution in [2.75, 3.05) is 20.2 Å². The van der Waals surface area contributed by atoms with E-state index < -0.39 is 0 Å². The fourth-order valence-electron chi connectivity index (χ4n) is 2.13. The Morgan fingerprint density at radius 3 is 2.48 bits per heavy atom. The molecule has 0 aromatic heterocycles. The van der Waals surface area contributed by atoms with Crippen molar-refractivity contribution in [3.8, 4) is 11.8 Å². The van der Waals surface area contributed by atoms with Gasteiger partial charge in [-0.15, -0.1) is 0 Å². The monoisotopic (exact) mass is 308 g/mol. The number of likely N-dealkylation sites (N-methyl/N-ethyl adjacent to an activating group) is 1. The third kappa shape index (κ3) is 5.48. The lowest BCUT2D eigenvalue weighted by atomic mass is 10.1. The van der Waals surface area contributed by atoms with E-state index in [-0.39, 0.29) is 5.91 Å². The van der Waals surface area contributed by atoms with Gasteiger partial charge in [0.1, 0.15) is 12.4 Å². The highest BCUT2D eigenvalue weighted by Gasteiger charge is 2.09. The summed E-state index contributed by atoms with van der Waals surface area (Å²) in [5.74, 6) is 0.900. The highest BCUT2D eigenvalue weighted by molar-refractivity contribution is 5.76. The molecule has 0 aliphatic rings. The van der Waals surface area contributed by atoms with E-state index in [0.717, 1.165) is 11.3 Å². The topological polar surface area (TPSA) is 53.3 Å². The van der Waals surface area contributed by atoms with E-state index in [4.69, 9.17) is 10.00 Å². The molecule has 118 valence electrons. The molecule has 0 radical (unpaired) electrons. The number of para-hydroxylation sites is 1. The van der Waals surface area contributed by atoms with Gasteiger partial charge in [0.05, 0.1) is 18.2 Å². The summed E-state index contributed by atoms with van der Waals surface area (Å²) in [6.45, 7) is 1.03. The number of nitrogens with zero attached hydrogens (tertiary/aromatic N) is 2. The van der Waals surface area contributed by atoms with Crippen molar-refractivity contribution in [3.05, 3.63) is 65.7 Å². The predicted octanol–water partition coefficient (Wildman–Crippen LogP) is 3.03. The summed E-state index contributed by atoms with van der Waals surface area (Å²) >= 11 is 0. The maximum absolute atomic E-state index is 12.1. The average Bonchev–Trinajstić information content (AvgIpc) is 2.61. The Labute approximate surface area is 136 Å². The minimum Gasteiger partial charge on any atom is -0.492 e. The maximum atomic E-state index is 12.1. The number of carbonyl (C=O) groups excluding carboxylic acids is 1. The van der Waals surface area contributed by atoms with Crippen molar-refractivity contribution in [1.29, 1.82) is 5.26 Å². The number of amides is 1. The van der Waals surface area contributed by atoms with Crippen LogP contribution in [0.1, 0.15) is 17.5 Å². The number of hydrogen-bond acceptors (Lipinski definition) is 3. The second-order valence-electron chi connectivity index (χ2n) is 5.29. The normalized spacial score (nSPS) is 9.91. The Balaban J connectivity index is 1.71. The fraction of sp³-hybridized carbons (Fsp3) is 0.263. The molecule has 2 aromatic rings. The first-order chi connectivity index (χ1) is 11.2. The first kappa shape index (κ1) is 16.6. The summed E-state index contributed by atoms with van der Waals surface area (Å²) in [4.78, 5) is 13.8. The molecule has 4 nitrogen and oxygen atoms in total. The molecule has 2 rings (SSSR count). The van der Waals surface area contributed by atoms with Crippen LogP contribution in [0.4, 0.5) is 0 Å². The van der Waals surface area contributed by atoms with Crippen LogP contribution >= 0.6 is 0 Å². The molecule has 0 aliphatic heterocycles. The lowest BCUT2D eigenvalue weighted by molar-refractivity contribution is -0.130. The average molecular weight is 308 g/mol. The van der Waals surface area contributed by atoms with Crippen molar-refractivity contribution >= 4 is 5.91 Å². The molecule has 0 N–H and O–H groups in total. The Hall–Kier alpha value is -2.80. The van der Waals surface area contributed by atoms with Gasteiger partial charge in [0.2, 0.25) is 5.91 Å². The van der Waals surface area contributed by atoms with Gasteiger partial charge in [-0.1, -0.05) is 30.3 Å². The zero-order valence-electron chi connectivity index (χ0n) is 13.2. The summed E-state index contributed by atoms with van der Waals surface area (Å²) in [7, 11) is 1.79. The van der Waals surface area contributed by atoms with Crippen LogP contribution in [0.3, 0.4) is 0 Å². The lowest BCUT2D eigenvalue weighted by Gasteiger charge is -2.17. The van der Waals surface area contributed by atoms with Gasteiger partial charge in [0, 0.05) is 13.5 Å². The van der Waals surface area contributed by atoms with Crippen molar-refractivity contribution < 1.29 is 9.53 Å². The van der Waals surface area contributed by atoms with Crippen LogP contribution in [0.5, 0.6) is 5.75 Å². The number of rotatable bonds is 7. The Bertz CT molecular complexity index is 660. The van der Waals surface area contributed by atoms with E-state index in [0.29, 0.717) is 31.6 Å². The van der Waals surface area contributed by atoms with Crippen molar-refractivity contribution in [2.24, 2.45) is 0 Å². The lowest BCUT2D eigenvalue weighted by Crippen LogP contribution is -2.31. The zero-order valence-corrected chi connectivity index (χ0v) is 13.2. The van der Waals surface area contributed by atoms with Gasteiger partial charge in [0.25, 0.3) is 0 Å². The van der Waals surface area contributed by atoms with Gasteiger partial charge in [-0.2, -0.15) is 5.26 Å². The van der Waals surface area contributed by atoms with Gasteiger partial charge in [-0.05, 0) is 36.2 Å². The van der Waals surface area contributed by atoms with Crippen molar-refractivity contribution in [1.82, 2.24) is 4.90 Å². The zero-order chi connectivity index (χ0) is 16.5. The molecule has 0 fully saturated rings. The molecule has 0 unspecified atom stereocenters. The van der Waals surface area contributed by atoms with Crippen LogP contribution < -0.4 is 4.74 Å². The summed E-state index contributed by atoms with van der Waals surface area (Å²) in [6.07, 6.45) is 1.13. The second-order valence-corrected chi connectivity index (χ2v) is 5.29. The summed E-state index contributed by atoms with van der Waals surface area (Å²) in [5, 5.41) is 8.76. The highest BCUT2D eigenvalue weighted by atomic mass is 16.5. The van der Waals surface area contributed by atoms with E-state index in [2.05, 4.69) is 6.07 Å². The van der Waals surface area contributed by atoms with E-state index >= 15 is 0 Å². The largest absolute Gasteiger partial charge is 0.492 e. The first-order valence-electron chi connectivity index (χ1n) is 7.60. The minimum absolute atomic E-state index is 0.0889. The van der Waals surface area contributed by atoms with E-state index in [1.807, 2.05) is 42.5 Å². The van der Waals surface area contributed by atoms with Gasteiger partial charge in [-0.25, -0.2) is 0 Å². The number of aryl methyl sites for hydroxylation is 1. The molecule has 2 aromatic carbocycles. The predicted molar refractivity (Wildman–Crippen MR) is 89.1 cm³/mol. The van der Waals surface area contributed by atoms with Crippen LogP contribution in [0, 0.1) is 11.3 Å². The quantitative estimate of drug-likeness (QED) is 0.790. The Kier molecular flexibility index (Phi) is 6.19. The highest BCUT2D eigenvalue weighted by Crippen LogP contribution is 2.09. The van der Waals surface area contributed by atoms with Crippen LogP contribution in [-0.2, 0) is 11.2 Å². The van der Waals surface area contributed by atoms with E-state index in [1.54, 1.807) is 24.1 Å². The standard InChI is InChI=1S/C19H20N2O2/c1-21(13-14-23-18-5-3-2-4-6-18)19(22)12-11-16-7-9-17(15-20)10-8-16/h2-10H,11-14H2,1H3. The van der Waals surface area contributed by atoms with Gasteiger partial charge >= 0.3 is 0 Å². The van der Waals surface area contributed by atoms with Gasteiger partial charge in [-0.3, -0.25) is 4.79 Å². The molecular weight excluding hydrogens is 288 g/mol. The molecule has 1 amide bonds. The number of hydrogen-bond donors (Lipinski definition) is 0. The SMILES string of the molecule is CN(CCOc1ccccc1)C(=O)CCc1ccc(C#N)cc1. The number of ether oxygens (including phenoxy) is 1. The van der Waals surface area contributed by atoms with E-state index in [9.17, 15) is 4.79 Å². The van der Waals surface area contributed by atoms with Gasteiger partial charge < -0.3 is 9.64 Å². The number of nitriles is 1. The maximum Gasteiger partial charge on any atom is 0.222 e. The molecular formula is C19H20N2O2.